The molecule has 0 saturated heterocycles. The summed E-state index contributed by atoms with van der Waals surface area (Å²) >= 11 is 5.77. The molecule has 3 aromatic rings. The fraction of sp³-hybridized carbons (Fsp3) is 0.188. The van der Waals surface area contributed by atoms with Gasteiger partial charge in [0.05, 0.1) is 27.2 Å². The molecule has 1 aromatic carbocycles. The van der Waals surface area contributed by atoms with Gasteiger partial charge >= 0.3 is 0 Å². The number of aromatic amines is 1. The van der Waals surface area contributed by atoms with Crippen molar-refractivity contribution in [3.8, 4) is 0 Å². The molecule has 8 nitrogen and oxygen atoms in total. The predicted molar refractivity (Wildman–Crippen MR) is 102 cm³/mol. The van der Waals surface area contributed by atoms with Crippen molar-refractivity contribution in [3.05, 3.63) is 52.7 Å². The van der Waals surface area contributed by atoms with Gasteiger partial charge in [-0.25, -0.2) is 28.3 Å². The van der Waals surface area contributed by atoms with E-state index < -0.39 is 16.8 Å². The standard InChI is InChI=1S/C16H16ClFN6O2S/c1-27(26)20-7-5-13-22-14-10(4-6-19-16(14)23-13)15(24-25)21-9-2-3-12(18)11(17)8-9/h2-4,6,8,20,25H,5,7H2,1H3,(H,21,24)(H,19,22,23). The lowest BCUT2D eigenvalue weighted by atomic mass is 10.2. The van der Waals surface area contributed by atoms with Crippen LogP contribution in [0.1, 0.15) is 11.4 Å². The number of nitrogens with one attached hydrogen (secondary N) is 3. The number of aliphatic imine (C=N–C) groups is 1. The summed E-state index contributed by atoms with van der Waals surface area (Å²) in [5, 5.41) is 9.48. The number of hydrogen-bond donors (Lipinski definition) is 4. The van der Waals surface area contributed by atoms with Crippen LogP contribution in [0.3, 0.4) is 0 Å². The second-order valence-electron chi connectivity index (χ2n) is 5.51. The smallest absolute Gasteiger partial charge is 0.178 e. The number of imidazole rings is 1. The number of fused-ring (bicyclic) bond motifs is 1. The van der Waals surface area contributed by atoms with Crippen molar-refractivity contribution in [1.29, 1.82) is 0 Å². The molecule has 0 spiro atoms. The number of hydroxylamine groups is 1. The van der Waals surface area contributed by atoms with Gasteiger partial charge in [-0.15, -0.1) is 0 Å². The molecule has 0 saturated carbocycles. The van der Waals surface area contributed by atoms with Crippen LogP contribution in [0.4, 0.5) is 10.1 Å². The molecule has 4 N–H and O–H groups in total. The van der Waals surface area contributed by atoms with E-state index in [0.717, 1.165) is 0 Å². The average Bonchev–Trinajstić information content (AvgIpc) is 3.05. The van der Waals surface area contributed by atoms with Gasteiger partial charge in [-0.3, -0.25) is 10.7 Å². The summed E-state index contributed by atoms with van der Waals surface area (Å²) in [5.74, 6) is 0.207. The fourth-order valence-electron chi connectivity index (χ4n) is 2.42. The molecule has 0 aliphatic carbocycles. The van der Waals surface area contributed by atoms with Gasteiger partial charge in [0.2, 0.25) is 0 Å². The highest BCUT2D eigenvalue weighted by atomic mass is 35.5. The highest BCUT2D eigenvalue weighted by molar-refractivity contribution is 7.82. The first kappa shape index (κ1) is 19.4. The van der Waals surface area contributed by atoms with Crippen LogP contribution in [-0.4, -0.2) is 43.0 Å². The maximum absolute atomic E-state index is 13.3. The van der Waals surface area contributed by atoms with Gasteiger partial charge in [-0.1, -0.05) is 11.6 Å². The van der Waals surface area contributed by atoms with E-state index >= 15 is 0 Å². The van der Waals surface area contributed by atoms with Gasteiger partial charge in [-0.05, 0) is 24.3 Å². The Bertz CT molecular complexity index is 1030. The first-order chi connectivity index (χ1) is 13.0. The number of nitrogens with zero attached hydrogens (tertiary/aromatic N) is 3. The third-order valence-electron chi connectivity index (χ3n) is 3.61. The second-order valence-corrected chi connectivity index (χ2v) is 7.11. The molecule has 3 rings (SSSR count). The van der Waals surface area contributed by atoms with E-state index in [0.29, 0.717) is 41.2 Å². The zero-order valence-electron chi connectivity index (χ0n) is 14.2. The fourth-order valence-corrected chi connectivity index (χ4v) is 2.98. The average molecular weight is 411 g/mol. The molecular formula is C16H16ClFN6O2S. The molecule has 0 amide bonds. The Morgan fingerprint density at radius 1 is 1.44 bits per heavy atom. The van der Waals surface area contributed by atoms with Crippen LogP contribution in [0, 0.1) is 5.82 Å². The summed E-state index contributed by atoms with van der Waals surface area (Å²) in [4.78, 5) is 16.0. The zero-order chi connectivity index (χ0) is 19.4. The highest BCUT2D eigenvalue weighted by Gasteiger charge is 2.13. The number of hydrogen-bond acceptors (Lipinski definition) is 5. The van der Waals surface area contributed by atoms with Crippen LogP contribution < -0.4 is 10.2 Å². The topological polar surface area (TPSA) is 115 Å². The molecule has 11 heteroatoms. The highest BCUT2D eigenvalue weighted by Crippen LogP contribution is 2.23. The Morgan fingerprint density at radius 2 is 2.26 bits per heavy atom. The minimum Gasteiger partial charge on any atom is -0.340 e. The Morgan fingerprint density at radius 3 is 2.96 bits per heavy atom. The lowest BCUT2D eigenvalue weighted by molar-refractivity contribution is 0.235. The van der Waals surface area contributed by atoms with Crippen molar-refractivity contribution in [2.45, 2.75) is 6.42 Å². The number of benzene rings is 1. The Kier molecular flexibility index (Phi) is 6.11. The number of halogens is 2. The van der Waals surface area contributed by atoms with Crippen molar-refractivity contribution in [3.63, 3.8) is 0 Å². The molecule has 0 aliphatic heterocycles. The van der Waals surface area contributed by atoms with Crippen LogP contribution in [0.15, 0.2) is 35.5 Å². The minimum atomic E-state index is -1.10. The molecule has 0 bridgehead atoms. The van der Waals surface area contributed by atoms with Gasteiger partial charge in [-0.2, -0.15) is 0 Å². The van der Waals surface area contributed by atoms with Gasteiger partial charge in [0.1, 0.15) is 11.6 Å². The Labute approximate surface area is 161 Å². The molecule has 1 atom stereocenters. The number of rotatable bonds is 6. The molecule has 2 aromatic heterocycles. The SMILES string of the molecule is CS(=O)NCCc1nc2nccc(C(=Nc3ccc(F)c(Cl)c3)NO)c2[nH]1. The summed E-state index contributed by atoms with van der Waals surface area (Å²) in [6.45, 7) is 0.478. The quantitative estimate of drug-likeness (QED) is 0.282. The number of aromatic nitrogens is 3. The maximum atomic E-state index is 13.3. The molecule has 0 aliphatic rings. The van der Waals surface area contributed by atoms with Crippen LogP contribution in [0.25, 0.3) is 11.2 Å². The number of pyridine rings is 1. The summed E-state index contributed by atoms with van der Waals surface area (Å²) in [6.07, 6.45) is 3.60. The lowest BCUT2D eigenvalue weighted by Crippen LogP contribution is -2.20. The molecular weight excluding hydrogens is 395 g/mol. The van der Waals surface area contributed by atoms with E-state index in [4.69, 9.17) is 11.6 Å². The van der Waals surface area contributed by atoms with Crippen LogP contribution in [0.5, 0.6) is 0 Å². The van der Waals surface area contributed by atoms with E-state index in [-0.39, 0.29) is 10.9 Å². The largest absolute Gasteiger partial charge is 0.340 e. The van der Waals surface area contributed by atoms with Crippen molar-refractivity contribution in [2.75, 3.05) is 12.8 Å². The third kappa shape index (κ3) is 4.66. The van der Waals surface area contributed by atoms with Crippen molar-refractivity contribution >= 4 is 45.3 Å². The molecule has 2 heterocycles. The normalized spacial score (nSPS) is 13.1. The molecule has 0 fully saturated rings. The van der Waals surface area contributed by atoms with Crippen LogP contribution in [0.2, 0.25) is 5.02 Å². The molecule has 142 valence electrons. The second kappa shape index (κ2) is 8.53. The molecule has 0 radical (unpaired) electrons. The van der Waals surface area contributed by atoms with Crippen LogP contribution >= 0.6 is 11.6 Å². The summed E-state index contributed by atoms with van der Waals surface area (Å²) in [7, 11) is -1.10. The minimum absolute atomic E-state index is 0.0712. The predicted octanol–water partition coefficient (Wildman–Crippen LogP) is 2.23. The van der Waals surface area contributed by atoms with Crippen LogP contribution in [-0.2, 0) is 17.4 Å². The van der Waals surface area contributed by atoms with E-state index in [1.807, 2.05) is 5.48 Å². The van der Waals surface area contributed by atoms with E-state index in [2.05, 4.69) is 24.7 Å². The molecule has 1 unspecified atom stereocenters. The maximum Gasteiger partial charge on any atom is 0.178 e. The third-order valence-corrected chi connectivity index (χ3v) is 4.51. The van der Waals surface area contributed by atoms with Gasteiger partial charge in [0.15, 0.2) is 11.5 Å². The molecule has 27 heavy (non-hydrogen) atoms. The first-order valence-corrected chi connectivity index (χ1v) is 9.76. The number of H-pyrrole nitrogens is 1. The van der Waals surface area contributed by atoms with E-state index in [9.17, 15) is 13.8 Å². The van der Waals surface area contributed by atoms with Crippen molar-refractivity contribution < 1.29 is 13.8 Å². The van der Waals surface area contributed by atoms with Gasteiger partial charge in [0.25, 0.3) is 0 Å². The monoisotopic (exact) mass is 410 g/mol. The Hall–Kier alpha value is -2.40. The van der Waals surface area contributed by atoms with Gasteiger partial charge in [0, 0.05) is 31.0 Å². The zero-order valence-corrected chi connectivity index (χ0v) is 15.7. The van der Waals surface area contributed by atoms with Gasteiger partial charge < -0.3 is 4.98 Å². The summed E-state index contributed by atoms with van der Waals surface area (Å²) < 4.78 is 27.2. The summed E-state index contributed by atoms with van der Waals surface area (Å²) in [5.41, 5.74) is 3.94. The summed E-state index contributed by atoms with van der Waals surface area (Å²) in [6, 6.07) is 5.63. The van der Waals surface area contributed by atoms with Crippen molar-refractivity contribution in [1.82, 2.24) is 25.2 Å². The van der Waals surface area contributed by atoms with E-state index in [1.54, 1.807) is 12.3 Å². The lowest BCUT2D eigenvalue weighted by Gasteiger charge is -2.06. The van der Waals surface area contributed by atoms with Crippen molar-refractivity contribution in [2.24, 2.45) is 4.99 Å². The number of amidine groups is 1. The first-order valence-electron chi connectivity index (χ1n) is 7.82. The Balaban J connectivity index is 1.95. The van der Waals surface area contributed by atoms with E-state index in [1.165, 1.54) is 24.4 Å².